The van der Waals surface area contributed by atoms with Crippen LogP contribution in [-0.4, -0.2) is 27.2 Å². The highest BCUT2D eigenvalue weighted by atomic mass is 32.1. The van der Waals surface area contributed by atoms with E-state index >= 15 is 0 Å². The van der Waals surface area contributed by atoms with Gasteiger partial charge in [-0.3, -0.25) is 14.7 Å². The molecule has 1 aliphatic rings. The highest BCUT2D eigenvalue weighted by molar-refractivity contribution is 7.82. The quantitative estimate of drug-likeness (QED) is 0.675. The fraction of sp³-hybridized carbons (Fsp3) is 0.318. The number of benzene rings is 2. The molecule has 2 aromatic carbocycles. The van der Waals surface area contributed by atoms with Crippen molar-refractivity contribution < 1.29 is 9.18 Å². The van der Waals surface area contributed by atoms with Crippen LogP contribution >= 0.6 is 12.2 Å². The second kappa shape index (κ2) is 6.64. The van der Waals surface area contributed by atoms with Crippen molar-refractivity contribution in [2.24, 2.45) is 4.99 Å². The van der Waals surface area contributed by atoms with Crippen LogP contribution in [0.1, 0.15) is 56.1 Å². The highest BCUT2D eigenvalue weighted by Crippen LogP contribution is 2.30. The number of halogens is 1. The lowest BCUT2D eigenvalue weighted by molar-refractivity contribution is 0.0758. The van der Waals surface area contributed by atoms with Gasteiger partial charge in [0, 0.05) is 11.1 Å². The van der Waals surface area contributed by atoms with Crippen LogP contribution in [0.5, 0.6) is 0 Å². The Bertz CT molecular complexity index is 940. The molecule has 27 heavy (non-hydrogen) atoms. The molecule has 0 fully saturated rings. The lowest BCUT2D eigenvalue weighted by Gasteiger charge is -2.29. The van der Waals surface area contributed by atoms with Gasteiger partial charge >= 0.3 is 0 Å². The van der Waals surface area contributed by atoms with E-state index in [1.54, 1.807) is 6.07 Å². The molecule has 0 N–H and O–H groups in total. The Morgan fingerprint density at radius 3 is 2.30 bits per heavy atom. The van der Waals surface area contributed by atoms with Crippen molar-refractivity contribution in [3.63, 3.8) is 0 Å². The lowest BCUT2D eigenvalue weighted by atomic mass is 9.86. The molecule has 0 atom stereocenters. The van der Waals surface area contributed by atoms with Gasteiger partial charge in [0.05, 0.1) is 0 Å². The van der Waals surface area contributed by atoms with E-state index < -0.39 is 11.5 Å². The zero-order valence-corrected chi connectivity index (χ0v) is 17.0. The van der Waals surface area contributed by atoms with E-state index in [0.29, 0.717) is 10.7 Å². The molecule has 0 unspecified atom stereocenters. The predicted molar refractivity (Wildman–Crippen MR) is 111 cm³/mol. The van der Waals surface area contributed by atoms with Crippen LogP contribution in [0.25, 0.3) is 0 Å². The summed E-state index contributed by atoms with van der Waals surface area (Å²) in [5.41, 5.74) is 2.16. The molecule has 3 nitrogen and oxygen atoms in total. The first kappa shape index (κ1) is 19.4. The Labute approximate surface area is 164 Å². The standard InChI is InChI=1S/C22H23FN2OS/c1-21(2,3)16-11-9-14(10-12-16)18-20(27)25(22(4,5)24-18)19(26)15-7-6-8-17(23)13-15/h6-13H,1-5H3. The average Bonchev–Trinajstić information content (AvgIpc) is 2.83. The van der Waals surface area contributed by atoms with E-state index in [9.17, 15) is 9.18 Å². The molecule has 1 aliphatic heterocycles. The van der Waals surface area contributed by atoms with Crippen molar-refractivity contribution in [1.82, 2.24) is 4.90 Å². The van der Waals surface area contributed by atoms with Gasteiger partial charge in [-0.05, 0) is 43.0 Å². The number of thiocarbonyl (C=S) groups is 1. The van der Waals surface area contributed by atoms with Gasteiger partial charge in [-0.2, -0.15) is 0 Å². The number of hydrogen-bond donors (Lipinski definition) is 0. The third kappa shape index (κ3) is 3.69. The van der Waals surface area contributed by atoms with Gasteiger partial charge in [0.15, 0.2) is 0 Å². The average molecular weight is 383 g/mol. The summed E-state index contributed by atoms with van der Waals surface area (Å²) in [5, 5.41) is 0. The number of rotatable bonds is 2. The molecule has 0 saturated heterocycles. The zero-order valence-electron chi connectivity index (χ0n) is 16.2. The molecule has 0 saturated carbocycles. The van der Waals surface area contributed by atoms with E-state index in [2.05, 4.69) is 32.9 Å². The lowest BCUT2D eigenvalue weighted by Crippen LogP contribution is -2.46. The van der Waals surface area contributed by atoms with Crippen molar-refractivity contribution in [1.29, 1.82) is 0 Å². The Hall–Kier alpha value is -2.40. The molecule has 140 valence electrons. The first-order chi connectivity index (χ1) is 12.5. The summed E-state index contributed by atoms with van der Waals surface area (Å²) in [5.74, 6) is -0.808. The second-order valence-electron chi connectivity index (χ2n) is 8.24. The number of carbonyl (C=O) groups excluding carboxylic acids is 1. The molecule has 5 heteroatoms. The van der Waals surface area contributed by atoms with Crippen LogP contribution in [0.3, 0.4) is 0 Å². The van der Waals surface area contributed by atoms with E-state index in [4.69, 9.17) is 17.2 Å². The first-order valence-corrected chi connectivity index (χ1v) is 9.27. The fourth-order valence-electron chi connectivity index (χ4n) is 3.13. The maximum atomic E-state index is 13.5. The smallest absolute Gasteiger partial charge is 0.261 e. The Balaban J connectivity index is 1.94. The minimum absolute atomic E-state index is 0.0508. The normalized spacial score (nSPS) is 16.4. The molecule has 0 spiro atoms. The summed E-state index contributed by atoms with van der Waals surface area (Å²) in [6.07, 6.45) is 0. The van der Waals surface area contributed by atoms with E-state index in [0.717, 1.165) is 5.56 Å². The number of aliphatic imine (C=N–C) groups is 1. The molecule has 1 heterocycles. The molecule has 0 radical (unpaired) electrons. The van der Waals surface area contributed by atoms with Crippen molar-refractivity contribution in [3.05, 3.63) is 71.0 Å². The summed E-state index contributed by atoms with van der Waals surface area (Å²) in [6, 6.07) is 13.7. The summed E-state index contributed by atoms with van der Waals surface area (Å²) < 4.78 is 13.5. The van der Waals surface area contributed by atoms with Crippen molar-refractivity contribution in [2.45, 2.75) is 45.7 Å². The van der Waals surface area contributed by atoms with Crippen LogP contribution in [0.4, 0.5) is 4.39 Å². The van der Waals surface area contributed by atoms with Gasteiger partial charge in [0.1, 0.15) is 22.2 Å². The largest absolute Gasteiger partial charge is 0.272 e. The maximum absolute atomic E-state index is 13.5. The third-order valence-corrected chi connectivity index (χ3v) is 5.01. The SMILES string of the molecule is CC(C)(C)c1ccc(C2=NC(C)(C)N(C(=O)c3cccc(F)c3)C2=S)cc1. The van der Waals surface area contributed by atoms with E-state index in [-0.39, 0.29) is 16.9 Å². The molecule has 1 amide bonds. The van der Waals surface area contributed by atoms with Crippen molar-refractivity contribution in [2.75, 3.05) is 0 Å². The molecule has 2 aromatic rings. The van der Waals surface area contributed by atoms with Gasteiger partial charge < -0.3 is 0 Å². The molecular formula is C22H23FN2OS. The van der Waals surface area contributed by atoms with E-state index in [1.165, 1.54) is 28.7 Å². The van der Waals surface area contributed by atoms with Crippen LogP contribution in [-0.2, 0) is 5.41 Å². The monoisotopic (exact) mass is 382 g/mol. The van der Waals surface area contributed by atoms with Crippen LogP contribution in [0.15, 0.2) is 53.5 Å². The molecule has 0 bridgehead atoms. The summed E-state index contributed by atoms with van der Waals surface area (Å²) in [7, 11) is 0. The number of carbonyl (C=O) groups is 1. The predicted octanol–water partition coefficient (Wildman–Crippen LogP) is 5.13. The highest BCUT2D eigenvalue weighted by Gasteiger charge is 2.42. The third-order valence-electron chi connectivity index (χ3n) is 4.64. The maximum Gasteiger partial charge on any atom is 0.261 e. The van der Waals surface area contributed by atoms with Crippen molar-refractivity contribution >= 4 is 28.8 Å². The number of amides is 1. The van der Waals surface area contributed by atoms with Crippen LogP contribution in [0.2, 0.25) is 0 Å². The van der Waals surface area contributed by atoms with Gasteiger partial charge in [-0.1, -0.05) is 63.3 Å². The Morgan fingerprint density at radius 1 is 1.11 bits per heavy atom. The second-order valence-corrected chi connectivity index (χ2v) is 8.62. The van der Waals surface area contributed by atoms with Gasteiger partial charge in [0.2, 0.25) is 0 Å². The first-order valence-electron chi connectivity index (χ1n) is 8.86. The minimum atomic E-state index is -0.835. The number of nitrogens with zero attached hydrogens (tertiary/aromatic N) is 2. The zero-order chi connectivity index (χ0) is 20.0. The summed E-state index contributed by atoms with van der Waals surface area (Å²) >= 11 is 5.59. The fourth-order valence-corrected chi connectivity index (χ4v) is 3.60. The Kier molecular flexibility index (Phi) is 4.76. The van der Waals surface area contributed by atoms with E-state index in [1.807, 2.05) is 26.0 Å². The summed E-state index contributed by atoms with van der Waals surface area (Å²) in [6.45, 7) is 10.1. The molecule has 0 aromatic heterocycles. The molecular weight excluding hydrogens is 359 g/mol. The van der Waals surface area contributed by atoms with Gasteiger partial charge in [-0.25, -0.2) is 4.39 Å². The number of hydrogen-bond acceptors (Lipinski definition) is 3. The van der Waals surface area contributed by atoms with Crippen LogP contribution < -0.4 is 0 Å². The minimum Gasteiger partial charge on any atom is -0.272 e. The van der Waals surface area contributed by atoms with Crippen LogP contribution in [0, 0.1) is 5.82 Å². The molecule has 3 rings (SSSR count). The molecule has 0 aliphatic carbocycles. The topological polar surface area (TPSA) is 32.7 Å². The van der Waals surface area contributed by atoms with Gasteiger partial charge in [0.25, 0.3) is 5.91 Å². The summed E-state index contributed by atoms with van der Waals surface area (Å²) in [4.78, 5) is 19.5. The van der Waals surface area contributed by atoms with Gasteiger partial charge in [-0.15, -0.1) is 0 Å². The Morgan fingerprint density at radius 2 is 1.74 bits per heavy atom. The van der Waals surface area contributed by atoms with Crippen molar-refractivity contribution in [3.8, 4) is 0 Å².